The molecule has 0 bridgehead atoms. The molecule has 0 radical (unpaired) electrons. The topological polar surface area (TPSA) is 97.4 Å². The minimum absolute atomic E-state index is 0.137. The highest BCUT2D eigenvalue weighted by Crippen LogP contribution is 2.20. The Morgan fingerprint density at radius 3 is 2.60 bits per heavy atom. The lowest BCUT2D eigenvalue weighted by Gasteiger charge is -2.40. The van der Waals surface area contributed by atoms with Crippen molar-refractivity contribution in [2.24, 2.45) is 7.05 Å². The molecule has 1 unspecified atom stereocenters. The lowest BCUT2D eigenvalue weighted by molar-refractivity contribution is -0.141. The number of aromatic nitrogens is 4. The summed E-state index contributed by atoms with van der Waals surface area (Å²) in [7, 11) is 1.79. The zero-order chi connectivity index (χ0) is 21.3. The number of benzene rings is 1. The van der Waals surface area contributed by atoms with Gasteiger partial charge < -0.3 is 14.3 Å². The molecule has 0 saturated carbocycles. The molecule has 1 atom stereocenters. The molecule has 9 heteroatoms. The Kier molecular flexibility index (Phi) is 5.35. The van der Waals surface area contributed by atoms with Crippen LogP contribution in [0.5, 0.6) is 0 Å². The lowest BCUT2D eigenvalue weighted by Crippen LogP contribution is -2.59. The van der Waals surface area contributed by atoms with Crippen molar-refractivity contribution < 1.29 is 14.1 Å². The van der Waals surface area contributed by atoms with Crippen molar-refractivity contribution in [2.75, 3.05) is 13.1 Å². The molecule has 9 nitrogen and oxygen atoms in total. The Morgan fingerprint density at radius 2 is 1.97 bits per heavy atom. The minimum atomic E-state index is -0.725. The van der Waals surface area contributed by atoms with Crippen LogP contribution in [0.3, 0.4) is 0 Å². The maximum atomic E-state index is 13.4. The van der Waals surface area contributed by atoms with Crippen LogP contribution in [0.25, 0.3) is 0 Å². The van der Waals surface area contributed by atoms with Crippen LogP contribution in [0.2, 0.25) is 0 Å². The number of aryl methyl sites for hydroxylation is 3. The normalized spacial score (nSPS) is 16.9. The van der Waals surface area contributed by atoms with Crippen molar-refractivity contribution in [2.45, 2.75) is 32.9 Å². The van der Waals surface area contributed by atoms with Gasteiger partial charge in [-0.3, -0.25) is 14.3 Å². The fourth-order valence-electron chi connectivity index (χ4n) is 3.64. The van der Waals surface area contributed by atoms with E-state index in [0.717, 1.165) is 11.3 Å². The van der Waals surface area contributed by atoms with E-state index in [-0.39, 0.29) is 18.2 Å². The molecule has 30 heavy (non-hydrogen) atoms. The number of amides is 2. The molecular weight excluding hydrogens is 384 g/mol. The highest BCUT2D eigenvalue weighted by molar-refractivity contribution is 5.97. The van der Waals surface area contributed by atoms with Crippen LogP contribution in [0.4, 0.5) is 0 Å². The van der Waals surface area contributed by atoms with E-state index < -0.39 is 6.04 Å². The fraction of sp³-hybridized carbons (Fsp3) is 0.381. The maximum Gasteiger partial charge on any atom is 0.275 e. The first-order valence-corrected chi connectivity index (χ1v) is 9.86. The molecule has 1 aromatic carbocycles. The molecule has 2 aromatic heterocycles. The second-order valence-corrected chi connectivity index (χ2v) is 7.49. The van der Waals surface area contributed by atoms with Crippen LogP contribution in [-0.2, 0) is 24.8 Å². The van der Waals surface area contributed by atoms with Crippen molar-refractivity contribution in [1.29, 1.82) is 0 Å². The Hall–Kier alpha value is -3.49. The molecule has 1 aliphatic heterocycles. The van der Waals surface area contributed by atoms with Crippen molar-refractivity contribution >= 4 is 11.8 Å². The number of hydrogen-bond donors (Lipinski definition) is 0. The van der Waals surface area contributed by atoms with Crippen LogP contribution in [0.15, 0.2) is 40.9 Å². The molecule has 1 aliphatic rings. The zero-order valence-electron chi connectivity index (χ0n) is 17.3. The maximum absolute atomic E-state index is 13.4. The largest absolute Gasteiger partial charge is 0.339 e. The highest BCUT2D eigenvalue weighted by Gasteiger charge is 2.39. The van der Waals surface area contributed by atoms with E-state index in [9.17, 15) is 9.59 Å². The predicted octanol–water partition coefficient (Wildman–Crippen LogP) is 1.52. The molecule has 1 fully saturated rings. The number of piperazine rings is 1. The number of carbonyl (C=O) groups excluding carboxylic acids is 2. The fourth-order valence-corrected chi connectivity index (χ4v) is 3.64. The van der Waals surface area contributed by atoms with E-state index in [1.165, 1.54) is 0 Å². The van der Waals surface area contributed by atoms with Gasteiger partial charge in [-0.05, 0) is 25.5 Å². The summed E-state index contributed by atoms with van der Waals surface area (Å²) in [4.78, 5) is 34.1. The van der Waals surface area contributed by atoms with Gasteiger partial charge in [-0.25, -0.2) is 0 Å². The van der Waals surface area contributed by atoms with Crippen molar-refractivity contribution in [3.63, 3.8) is 0 Å². The van der Waals surface area contributed by atoms with Crippen LogP contribution in [-0.4, -0.2) is 60.7 Å². The zero-order valence-corrected chi connectivity index (χ0v) is 17.3. The molecule has 0 aliphatic carbocycles. The van der Waals surface area contributed by atoms with E-state index >= 15 is 0 Å². The molecule has 3 aromatic rings. The van der Waals surface area contributed by atoms with Gasteiger partial charge >= 0.3 is 0 Å². The average molecular weight is 408 g/mol. The van der Waals surface area contributed by atoms with Gasteiger partial charge in [0.15, 0.2) is 11.5 Å². The number of hydrogen-bond acceptors (Lipinski definition) is 6. The van der Waals surface area contributed by atoms with Gasteiger partial charge in [-0.2, -0.15) is 10.1 Å². The number of carbonyl (C=O) groups is 2. The Morgan fingerprint density at radius 1 is 1.20 bits per heavy atom. The summed E-state index contributed by atoms with van der Waals surface area (Å²) in [5, 5.41) is 8.10. The van der Waals surface area contributed by atoms with Gasteiger partial charge in [0, 0.05) is 32.4 Å². The molecule has 1 saturated heterocycles. The second kappa shape index (κ2) is 8.10. The monoisotopic (exact) mass is 408 g/mol. The Bertz CT molecular complexity index is 1040. The molecular formula is C21H24N6O3. The predicted molar refractivity (Wildman–Crippen MR) is 107 cm³/mol. The van der Waals surface area contributed by atoms with E-state index in [4.69, 9.17) is 4.52 Å². The van der Waals surface area contributed by atoms with Crippen LogP contribution in [0, 0.1) is 13.8 Å². The molecule has 156 valence electrons. The van der Waals surface area contributed by atoms with E-state index in [2.05, 4.69) is 15.2 Å². The number of nitrogens with zero attached hydrogens (tertiary/aromatic N) is 6. The van der Waals surface area contributed by atoms with Crippen molar-refractivity contribution in [3.8, 4) is 0 Å². The van der Waals surface area contributed by atoms with E-state index in [1.54, 1.807) is 34.5 Å². The molecule has 0 N–H and O–H groups in total. The van der Waals surface area contributed by atoms with Crippen LogP contribution >= 0.6 is 0 Å². The Balaban J connectivity index is 1.60. The smallest absolute Gasteiger partial charge is 0.275 e. The first-order valence-electron chi connectivity index (χ1n) is 9.86. The first-order chi connectivity index (χ1) is 14.4. The van der Waals surface area contributed by atoms with Crippen molar-refractivity contribution in [3.05, 3.63) is 65.1 Å². The third-order valence-corrected chi connectivity index (χ3v) is 5.33. The van der Waals surface area contributed by atoms with Gasteiger partial charge in [0.25, 0.3) is 5.91 Å². The summed E-state index contributed by atoms with van der Waals surface area (Å²) in [6.45, 7) is 4.95. The first kappa shape index (κ1) is 19.8. The molecule has 4 rings (SSSR count). The van der Waals surface area contributed by atoms with Gasteiger partial charge in [0.1, 0.15) is 6.04 Å². The molecule has 0 spiro atoms. The minimum Gasteiger partial charge on any atom is -0.339 e. The number of rotatable bonds is 5. The van der Waals surface area contributed by atoms with Gasteiger partial charge in [0.2, 0.25) is 11.8 Å². The van der Waals surface area contributed by atoms with Gasteiger partial charge in [-0.1, -0.05) is 35.5 Å². The summed E-state index contributed by atoms with van der Waals surface area (Å²) >= 11 is 0. The molecule has 2 amide bonds. The quantitative estimate of drug-likeness (QED) is 0.635. The standard InChI is InChI=1S/C21H24N6O3/c1-14-11-17(23-25(14)3)20(28)27-10-9-26(13-16-7-5-4-6-8-16)21(29)18(27)12-19-22-15(2)24-30-19/h4-8,11,18H,9-10,12-13H2,1-3H3. The average Bonchev–Trinajstić information content (AvgIpc) is 3.30. The second-order valence-electron chi connectivity index (χ2n) is 7.49. The molecule has 3 heterocycles. The Labute approximate surface area is 174 Å². The van der Waals surface area contributed by atoms with Crippen LogP contribution in [0.1, 0.15) is 33.5 Å². The van der Waals surface area contributed by atoms with E-state index in [1.807, 2.05) is 37.3 Å². The van der Waals surface area contributed by atoms with E-state index in [0.29, 0.717) is 37.0 Å². The highest BCUT2D eigenvalue weighted by atomic mass is 16.5. The summed E-state index contributed by atoms with van der Waals surface area (Å²) in [5.74, 6) is 0.421. The summed E-state index contributed by atoms with van der Waals surface area (Å²) in [6.07, 6.45) is 0.169. The lowest BCUT2D eigenvalue weighted by atomic mass is 10.1. The summed E-state index contributed by atoms with van der Waals surface area (Å²) in [6, 6.07) is 10.8. The van der Waals surface area contributed by atoms with Gasteiger partial charge in [-0.15, -0.1) is 0 Å². The van der Waals surface area contributed by atoms with Gasteiger partial charge in [0.05, 0.1) is 6.42 Å². The van der Waals surface area contributed by atoms with Crippen LogP contribution < -0.4 is 0 Å². The third-order valence-electron chi connectivity index (χ3n) is 5.33. The SMILES string of the molecule is Cc1noc(CC2C(=O)N(Cc3ccccc3)CCN2C(=O)c2cc(C)n(C)n2)n1. The summed E-state index contributed by atoms with van der Waals surface area (Å²) in [5.41, 5.74) is 2.24. The summed E-state index contributed by atoms with van der Waals surface area (Å²) < 4.78 is 6.89. The third kappa shape index (κ3) is 3.96. The van der Waals surface area contributed by atoms with Crippen molar-refractivity contribution in [1.82, 2.24) is 29.7 Å².